The largest absolute Gasteiger partial charge is 0.279 e. The summed E-state index contributed by atoms with van der Waals surface area (Å²) >= 11 is 1.14. The predicted octanol–water partition coefficient (Wildman–Crippen LogP) is 4.00. The van der Waals surface area contributed by atoms with Gasteiger partial charge in [-0.2, -0.15) is 0 Å². The van der Waals surface area contributed by atoms with Crippen LogP contribution in [0.5, 0.6) is 0 Å². The standard InChI is InChI=1S/C20H20N2O4S3/c1-15-6-9-18(10-7-15)29(25,26)22-12-2-4-16-14-17(8-11-19(16)22)21-28(23,24)20-5-3-13-27-20/h3,5-11,13-14,21H,2,4,12H2,1H3. The van der Waals surface area contributed by atoms with Gasteiger partial charge in [-0.15, -0.1) is 11.3 Å². The van der Waals surface area contributed by atoms with Crippen LogP contribution in [-0.2, 0) is 26.5 Å². The molecule has 0 saturated carbocycles. The zero-order valence-corrected chi connectivity index (χ0v) is 18.1. The SMILES string of the molecule is Cc1ccc(S(=O)(=O)N2CCCc3cc(NS(=O)(=O)c4cccs4)ccc32)cc1. The summed E-state index contributed by atoms with van der Waals surface area (Å²) in [5, 5.41) is 1.70. The smallest absolute Gasteiger partial charge is 0.271 e. The average Bonchev–Trinajstić information content (AvgIpc) is 3.23. The van der Waals surface area contributed by atoms with Crippen molar-refractivity contribution in [2.75, 3.05) is 15.6 Å². The van der Waals surface area contributed by atoms with Crippen molar-refractivity contribution in [3.05, 3.63) is 71.1 Å². The zero-order chi connectivity index (χ0) is 20.6. The number of aryl methyl sites for hydroxylation is 2. The Morgan fingerprint density at radius 2 is 1.76 bits per heavy atom. The lowest BCUT2D eigenvalue weighted by Crippen LogP contribution is -2.35. The number of benzene rings is 2. The molecular weight excluding hydrogens is 428 g/mol. The highest BCUT2D eigenvalue weighted by molar-refractivity contribution is 7.94. The first-order valence-electron chi connectivity index (χ1n) is 9.06. The van der Waals surface area contributed by atoms with Gasteiger partial charge in [-0.1, -0.05) is 23.8 Å². The Balaban J connectivity index is 1.66. The highest BCUT2D eigenvalue weighted by atomic mass is 32.2. The molecule has 0 unspecified atom stereocenters. The third-order valence-corrected chi connectivity index (χ3v) is 9.38. The molecule has 0 spiro atoms. The van der Waals surface area contributed by atoms with Crippen molar-refractivity contribution in [3.8, 4) is 0 Å². The minimum absolute atomic E-state index is 0.235. The van der Waals surface area contributed by atoms with Gasteiger partial charge in [0, 0.05) is 12.2 Å². The van der Waals surface area contributed by atoms with E-state index in [1.165, 1.54) is 4.31 Å². The van der Waals surface area contributed by atoms with E-state index >= 15 is 0 Å². The van der Waals surface area contributed by atoms with E-state index in [1.807, 2.05) is 6.92 Å². The molecule has 2 aromatic carbocycles. The molecule has 4 rings (SSSR count). The molecule has 0 aliphatic carbocycles. The molecular formula is C20H20N2O4S3. The van der Waals surface area contributed by atoms with E-state index in [0.717, 1.165) is 22.5 Å². The molecule has 6 nitrogen and oxygen atoms in total. The van der Waals surface area contributed by atoms with Gasteiger partial charge in [-0.3, -0.25) is 9.03 Å². The number of sulfonamides is 2. The Morgan fingerprint density at radius 3 is 2.45 bits per heavy atom. The Morgan fingerprint density at radius 1 is 1.00 bits per heavy atom. The van der Waals surface area contributed by atoms with Crippen LogP contribution in [-0.4, -0.2) is 23.4 Å². The molecule has 2 heterocycles. The monoisotopic (exact) mass is 448 g/mol. The molecule has 0 bridgehead atoms. The maximum Gasteiger partial charge on any atom is 0.271 e. The van der Waals surface area contributed by atoms with Gasteiger partial charge < -0.3 is 0 Å². The van der Waals surface area contributed by atoms with Gasteiger partial charge in [0.25, 0.3) is 20.0 Å². The number of hydrogen-bond donors (Lipinski definition) is 1. The van der Waals surface area contributed by atoms with Crippen molar-refractivity contribution in [1.29, 1.82) is 0 Å². The molecule has 9 heteroatoms. The maximum atomic E-state index is 13.1. The lowest BCUT2D eigenvalue weighted by Gasteiger charge is -2.31. The van der Waals surface area contributed by atoms with Gasteiger partial charge >= 0.3 is 0 Å². The third-order valence-electron chi connectivity index (χ3n) is 4.78. The van der Waals surface area contributed by atoms with Crippen molar-refractivity contribution in [3.63, 3.8) is 0 Å². The molecule has 3 aromatic rings. The van der Waals surface area contributed by atoms with Crippen molar-refractivity contribution in [2.24, 2.45) is 0 Å². The summed E-state index contributed by atoms with van der Waals surface area (Å²) in [6.45, 7) is 2.30. The minimum Gasteiger partial charge on any atom is -0.279 e. The summed E-state index contributed by atoms with van der Waals surface area (Å²) in [6.07, 6.45) is 1.35. The van der Waals surface area contributed by atoms with E-state index in [-0.39, 0.29) is 9.10 Å². The summed E-state index contributed by atoms with van der Waals surface area (Å²) < 4.78 is 55.4. The Bertz CT molecular complexity index is 1230. The number of fused-ring (bicyclic) bond motifs is 1. The summed E-state index contributed by atoms with van der Waals surface area (Å²) in [6, 6.07) is 15.0. The van der Waals surface area contributed by atoms with E-state index in [2.05, 4.69) is 4.72 Å². The summed E-state index contributed by atoms with van der Waals surface area (Å²) in [5.41, 5.74) is 2.81. The molecule has 0 atom stereocenters. The fourth-order valence-corrected chi connectivity index (χ4v) is 6.92. The van der Waals surface area contributed by atoms with Crippen LogP contribution in [0.1, 0.15) is 17.5 Å². The van der Waals surface area contributed by atoms with E-state index in [1.54, 1.807) is 60.0 Å². The van der Waals surface area contributed by atoms with Crippen LogP contribution >= 0.6 is 11.3 Å². The second-order valence-corrected chi connectivity index (χ2v) is 11.6. The average molecular weight is 449 g/mol. The number of anilines is 2. The van der Waals surface area contributed by atoms with E-state index in [4.69, 9.17) is 0 Å². The highest BCUT2D eigenvalue weighted by Crippen LogP contribution is 2.34. The molecule has 29 heavy (non-hydrogen) atoms. The van der Waals surface area contributed by atoms with Gasteiger partial charge in [0.2, 0.25) is 0 Å². The fraction of sp³-hybridized carbons (Fsp3) is 0.200. The van der Waals surface area contributed by atoms with Crippen LogP contribution in [0.4, 0.5) is 11.4 Å². The quantitative estimate of drug-likeness (QED) is 0.639. The molecule has 0 amide bonds. The van der Waals surface area contributed by atoms with Crippen LogP contribution in [0.15, 0.2) is 69.1 Å². The number of thiophene rings is 1. The second-order valence-electron chi connectivity index (χ2n) is 6.87. The van der Waals surface area contributed by atoms with Crippen molar-refractivity contribution < 1.29 is 16.8 Å². The second kappa shape index (κ2) is 7.47. The van der Waals surface area contributed by atoms with Crippen LogP contribution in [0.3, 0.4) is 0 Å². The van der Waals surface area contributed by atoms with Crippen molar-refractivity contribution >= 4 is 42.8 Å². The first-order valence-corrected chi connectivity index (χ1v) is 12.9. The lowest BCUT2D eigenvalue weighted by atomic mass is 10.0. The molecule has 1 aliphatic heterocycles. The first kappa shape index (κ1) is 19.9. The van der Waals surface area contributed by atoms with E-state index in [9.17, 15) is 16.8 Å². The van der Waals surface area contributed by atoms with E-state index < -0.39 is 20.0 Å². The van der Waals surface area contributed by atoms with E-state index in [0.29, 0.717) is 30.8 Å². The van der Waals surface area contributed by atoms with Gasteiger partial charge in [-0.25, -0.2) is 16.8 Å². The highest BCUT2D eigenvalue weighted by Gasteiger charge is 2.29. The molecule has 1 aromatic heterocycles. The predicted molar refractivity (Wildman–Crippen MR) is 116 cm³/mol. The van der Waals surface area contributed by atoms with Crippen molar-refractivity contribution in [1.82, 2.24) is 0 Å². The van der Waals surface area contributed by atoms with Gasteiger partial charge in [0.15, 0.2) is 0 Å². The van der Waals surface area contributed by atoms with Gasteiger partial charge in [0.05, 0.1) is 10.6 Å². The first-order chi connectivity index (χ1) is 13.8. The third kappa shape index (κ3) is 3.90. The molecule has 1 aliphatic rings. The van der Waals surface area contributed by atoms with Crippen LogP contribution in [0, 0.1) is 6.92 Å². The topological polar surface area (TPSA) is 83.6 Å². The molecule has 0 radical (unpaired) electrons. The summed E-state index contributed by atoms with van der Waals surface area (Å²) in [5.74, 6) is 0. The van der Waals surface area contributed by atoms with Crippen LogP contribution in [0.2, 0.25) is 0 Å². The number of hydrogen-bond acceptors (Lipinski definition) is 5. The lowest BCUT2D eigenvalue weighted by molar-refractivity contribution is 0.586. The van der Waals surface area contributed by atoms with Gasteiger partial charge in [0.1, 0.15) is 4.21 Å². The van der Waals surface area contributed by atoms with Crippen LogP contribution in [0.25, 0.3) is 0 Å². The molecule has 0 fully saturated rings. The molecule has 1 N–H and O–H groups in total. The molecule has 0 saturated heterocycles. The van der Waals surface area contributed by atoms with Gasteiger partial charge in [-0.05, 0) is 67.1 Å². The van der Waals surface area contributed by atoms with Crippen molar-refractivity contribution in [2.45, 2.75) is 28.9 Å². The zero-order valence-electron chi connectivity index (χ0n) is 15.7. The number of nitrogens with one attached hydrogen (secondary N) is 1. The number of nitrogens with zero attached hydrogens (tertiary/aromatic N) is 1. The number of rotatable bonds is 5. The summed E-state index contributed by atoms with van der Waals surface area (Å²) in [4.78, 5) is 0.249. The van der Waals surface area contributed by atoms with Crippen LogP contribution < -0.4 is 9.03 Å². The summed E-state index contributed by atoms with van der Waals surface area (Å²) in [7, 11) is -7.33. The normalized spacial score (nSPS) is 14.4. The maximum absolute atomic E-state index is 13.1. The molecule has 152 valence electrons. The Kier molecular flexibility index (Phi) is 5.14. The Hall–Kier alpha value is -2.36. The minimum atomic E-state index is -3.68. The Labute approximate surface area is 174 Å². The fourth-order valence-electron chi connectivity index (χ4n) is 3.34.